The van der Waals surface area contributed by atoms with Crippen LogP contribution in [0.15, 0.2) is 24.3 Å². The van der Waals surface area contributed by atoms with Gasteiger partial charge >= 0.3 is 0 Å². The number of hydrogen-bond acceptors (Lipinski definition) is 4. The van der Waals surface area contributed by atoms with Gasteiger partial charge in [-0.25, -0.2) is 0 Å². The Hall–Kier alpha value is -1.39. The highest BCUT2D eigenvalue weighted by atomic mass is 16.5. The molecule has 0 bridgehead atoms. The van der Waals surface area contributed by atoms with Crippen molar-refractivity contribution in [3.05, 3.63) is 29.8 Å². The van der Waals surface area contributed by atoms with Crippen LogP contribution >= 0.6 is 0 Å². The van der Waals surface area contributed by atoms with Crippen molar-refractivity contribution in [2.24, 2.45) is 11.5 Å². The van der Waals surface area contributed by atoms with Gasteiger partial charge in [0.1, 0.15) is 12.4 Å². The third kappa shape index (κ3) is 4.10. The highest BCUT2D eigenvalue weighted by molar-refractivity contribution is 5.60. The van der Waals surface area contributed by atoms with E-state index in [1.165, 1.54) is 6.21 Å². The van der Waals surface area contributed by atoms with Crippen molar-refractivity contribution in [2.45, 2.75) is 12.5 Å². The quantitative estimate of drug-likeness (QED) is 0.595. The molecule has 4 nitrogen and oxygen atoms in total. The zero-order valence-corrected chi connectivity index (χ0v) is 8.65. The van der Waals surface area contributed by atoms with Crippen LogP contribution in [0, 0.1) is 5.41 Å². The predicted octanol–water partition coefficient (Wildman–Crippen LogP) is 0.543. The molecular weight excluding hydrogens is 190 g/mol. The van der Waals surface area contributed by atoms with E-state index >= 15 is 0 Å². The summed E-state index contributed by atoms with van der Waals surface area (Å²) in [7, 11) is 0. The Morgan fingerprint density at radius 2 is 2.00 bits per heavy atom. The number of rotatable bonds is 6. The molecule has 0 fully saturated rings. The molecule has 1 aromatic carbocycles. The number of nitrogens with two attached hydrogens (primary N) is 2. The van der Waals surface area contributed by atoms with Gasteiger partial charge in [0.2, 0.25) is 0 Å². The van der Waals surface area contributed by atoms with Crippen LogP contribution < -0.4 is 16.2 Å². The van der Waals surface area contributed by atoms with E-state index in [2.05, 4.69) is 0 Å². The van der Waals surface area contributed by atoms with Gasteiger partial charge in [-0.05, 0) is 24.1 Å². The van der Waals surface area contributed by atoms with Crippen LogP contribution in [0.2, 0.25) is 0 Å². The first-order valence-electron chi connectivity index (χ1n) is 4.94. The van der Waals surface area contributed by atoms with Crippen LogP contribution in [-0.4, -0.2) is 25.4 Å². The number of ether oxygens (including phenoxy) is 1. The van der Waals surface area contributed by atoms with Crippen molar-refractivity contribution in [2.75, 3.05) is 13.2 Å². The van der Waals surface area contributed by atoms with E-state index in [4.69, 9.17) is 21.6 Å². The standard InChI is InChI=1S/C11H17N3O/c12-5-6-15-11-3-1-9(2-4-11)7-10(14)8-13/h1-4,8,10,13H,5-7,12,14H2. The molecule has 15 heavy (non-hydrogen) atoms. The van der Waals surface area contributed by atoms with Crippen LogP contribution in [0.3, 0.4) is 0 Å². The Balaban J connectivity index is 2.52. The van der Waals surface area contributed by atoms with Crippen molar-refractivity contribution in [3.63, 3.8) is 0 Å². The first-order valence-corrected chi connectivity index (χ1v) is 4.94. The molecule has 0 saturated carbocycles. The summed E-state index contributed by atoms with van der Waals surface area (Å²) in [4.78, 5) is 0. The molecule has 0 aliphatic carbocycles. The molecule has 4 heteroatoms. The van der Waals surface area contributed by atoms with Gasteiger partial charge < -0.3 is 21.6 Å². The number of benzene rings is 1. The van der Waals surface area contributed by atoms with Gasteiger partial charge in [-0.1, -0.05) is 12.1 Å². The van der Waals surface area contributed by atoms with Crippen LogP contribution in [0.5, 0.6) is 5.75 Å². The molecule has 0 spiro atoms. The fraction of sp³-hybridized carbons (Fsp3) is 0.364. The van der Waals surface area contributed by atoms with Gasteiger partial charge in [0.15, 0.2) is 0 Å². The van der Waals surface area contributed by atoms with Crippen LogP contribution in [0.1, 0.15) is 5.56 Å². The average Bonchev–Trinajstić information content (AvgIpc) is 2.28. The third-order valence-corrected chi connectivity index (χ3v) is 2.00. The van der Waals surface area contributed by atoms with Crippen molar-refractivity contribution in [1.82, 2.24) is 0 Å². The first kappa shape index (κ1) is 11.7. The maximum atomic E-state index is 7.00. The second-order valence-electron chi connectivity index (χ2n) is 3.32. The zero-order chi connectivity index (χ0) is 11.1. The fourth-order valence-corrected chi connectivity index (χ4v) is 1.23. The van der Waals surface area contributed by atoms with Crippen molar-refractivity contribution >= 4 is 6.21 Å². The first-order chi connectivity index (χ1) is 7.26. The van der Waals surface area contributed by atoms with Crippen LogP contribution in [0.4, 0.5) is 0 Å². The van der Waals surface area contributed by atoms with Crippen LogP contribution in [-0.2, 0) is 6.42 Å². The van der Waals surface area contributed by atoms with Gasteiger partial charge in [0, 0.05) is 18.8 Å². The predicted molar refractivity (Wildman–Crippen MR) is 61.5 cm³/mol. The minimum atomic E-state index is -0.208. The lowest BCUT2D eigenvalue weighted by molar-refractivity contribution is 0.328. The summed E-state index contributed by atoms with van der Waals surface area (Å²) < 4.78 is 5.34. The third-order valence-electron chi connectivity index (χ3n) is 2.00. The summed E-state index contributed by atoms with van der Waals surface area (Å²) >= 11 is 0. The van der Waals surface area contributed by atoms with E-state index in [0.29, 0.717) is 19.6 Å². The average molecular weight is 207 g/mol. The molecule has 0 aliphatic rings. The molecule has 0 saturated heterocycles. The molecule has 0 radical (unpaired) electrons. The summed E-state index contributed by atoms with van der Waals surface area (Å²) in [5, 5.41) is 7.00. The molecule has 1 atom stereocenters. The monoisotopic (exact) mass is 207 g/mol. The second kappa shape index (κ2) is 6.16. The van der Waals surface area contributed by atoms with E-state index in [0.717, 1.165) is 11.3 Å². The number of nitrogens with one attached hydrogen (secondary N) is 1. The van der Waals surface area contributed by atoms with Crippen molar-refractivity contribution in [1.29, 1.82) is 5.41 Å². The highest BCUT2D eigenvalue weighted by Gasteiger charge is 2.00. The molecular formula is C11H17N3O. The lowest BCUT2D eigenvalue weighted by atomic mass is 10.1. The van der Waals surface area contributed by atoms with Crippen LogP contribution in [0.25, 0.3) is 0 Å². The van der Waals surface area contributed by atoms with Crippen molar-refractivity contribution < 1.29 is 4.74 Å². The number of hydrogen-bond donors (Lipinski definition) is 3. The van der Waals surface area contributed by atoms with E-state index in [1.54, 1.807) is 0 Å². The molecule has 0 heterocycles. The molecule has 1 aromatic rings. The summed E-state index contributed by atoms with van der Waals surface area (Å²) in [5.74, 6) is 0.813. The highest BCUT2D eigenvalue weighted by Crippen LogP contribution is 2.12. The SMILES string of the molecule is N=CC(N)Cc1ccc(OCCN)cc1. The Labute approximate surface area is 89.7 Å². The zero-order valence-electron chi connectivity index (χ0n) is 8.65. The lowest BCUT2D eigenvalue weighted by Gasteiger charge is -2.07. The minimum Gasteiger partial charge on any atom is -0.492 e. The molecule has 0 amide bonds. The maximum Gasteiger partial charge on any atom is 0.119 e. The summed E-state index contributed by atoms with van der Waals surface area (Å²) in [6.45, 7) is 1.04. The smallest absolute Gasteiger partial charge is 0.119 e. The summed E-state index contributed by atoms with van der Waals surface area (Å²) in [6, 6.07) is 7.48. The molecule has 1 unspecified atom stereocenters. The normalized spacial score (nSPS) is 12.1. The topological polar surface area (TPSA) is 85.1 Å². The largest absolute Gasteiger partial charge is 0.492 e. The van der Waals surface area contributed by atoms with Gasteiger partial charge in [-0.3, -0.25) is 0 Å². The van der Waals surface area contributed by atoms with Gasteiger partial charge in [0.25, 0.3) is 0 Å². The van der Waals surface area contributed by atoms with E-state index in [1.807, 2.05) is 24.3 Å². The van der Waals surface area contributed by atoms with E-state index in [-0.39, 0.29) is 6.04 Å². The molecule has 0 aromatic heterocycles. The fourth-order valence-electron chi connectivity index (χ4n) is 1.23. The molecule has 5 N–H and O–H groups in total. The Morgan fingerprint density at radius 3 is 2.53 bits per heavy atom. The summed E-state index contributed by atoms with van der Waals surface area (Å²) in [5.41, 5.74) is 12.1. The van der Waals surface area contributed by atoms with E-state index < -0.39 is 0 Å². The Morgan fingerprint density at radius 1 is 1.33 bits per heavy atom. The lowest BCUT2D eigenvalue weighted by Crippen LogP contribution is -2.23. The van der Waals surface area contributed by atoms with Gasteiger partial charge in [0.05, 0.1) is 0 Å². The Bertz CT molecular complexity index is 297. The summed E-state index contributed by atoms with van der Waals surface area (Å²) in [6.07, 6.45) is 1.93. The van der Waals surface area contributed by atoms with Gasteiger partial charge in [-0.15, -0.1) is 0 Å². The molecule has 1 rings (SSSR count). The van der Waals surface area contributed by atoms with E-state index in [9.17, 15) is 0 Å². The van der Waals surface area contributed by atoms with Crippen molar-refractivity contribution in [3.8, 4) is 5.75 Å². The van der Waals surface area contributed by atoms with Gasteiger partial charge in [-0.2, -0.15) is 0 Å². The Kier molecular flexibility index (Phi) is 4.80. The molecule has 82 valence electrons. The maximum absolute atomic E-state index is 7.00. The minimum absolute atomic E-state index is 0.208. The second-order valence-corrected chi connectivity index (χ2v) is 3.32. The molecule has 0 aliphatic heterocycles.